The lowest BCUT2D eigenvalue weighted by Crippen LogP contribution is -1.84. The van der Waals surface area contributed by atoms with Gasteiger partial charge in [-0.2, -0.15) is 0 Å². The molecule has 0 heterocycles. The van der Waals surface area contributed by atoms with Crippen LogP contribution in [0.2, 0.25) is 0 Å². The van der Waals surface area contributed by atoms with E-state index in [-0.39, 0.29) is 5.82 Å². The quantitative estimate of drug-likeness (QED) is 0.266. The van der Waals surface area contributed by atoms with Crippen molar-refractivity contribution in [3.8, 4) is 33.4 Å². The van der Waals surface area contributed by atoms with E-state index in [9.17, 15) is 4.39 Å². The van der Waals surface area contributed by atoms with Crippen LogP contribution in [0.4, 0.5) is 4.39 Å². The van der Waals surface area contributed by atoms with Crippen molar-refractivity contribution < 1.29 is 4.39 Å². The first-order chi connectivity index (χ1) is 16.2. The van der Waals surface area contributed by atoms with Crippen molar-refractivity contribution in [1.29, 1.82) is 0 Å². The zero-order valence-electron chi connectivity index (χ0n) is 18.0. The molecule has 0 aromatic heterocycles. The Morgan fingerprint density at radius 3 is 1.61 bits per heavy atom. The van der Waals surface area contributed by atoms with Crippen molar-refractivity contribution in [3.63, 3.8) is 0 Å². The zero-order chi connectivity index (χ0) is 22.2. The van der Waals surface area contributed by atoms with Crippen LogP contribution in [0.25, 0.3) is 54.9 Å². The fourth-order valence-electron chi connectivity index (χ4n) is 4.57. The normalized spacial score (nSPS) is 11.2. The molecule has 0 aliphatic rings. The monoisotopic (exact) mass is 424 g/mol. The average molecular weight is 425 g/mol. The molecule has 156 valence electrons. The largest absolute Gasteiger partial charge is 0.207 e. The van der Waals surface area contributed by atoms with Gasteiger partial charge in [-0.3, -0.25) is 0 Å². The molecule has 6 aromatic rings. The van der Waals surface area contributed by atoms with Crippen molar-refractivity contribution in [3.05, 3.63) is 133 Å². The molecule has 0 atom stereocenters. The van der Waals surface area contributed by atoms with Gasteiger partial charge in [0.2, 0.25) is 0 Å². The topological polar surface area (TPSA) is 0 Å². The Kier molecular flexibility index (Phi) is 4.74. The van der Waals surface area contributed by atoms with E-state index in [1.165, 1.54) is 55.9 Å². The van der Waals surface area contributed by atoms with E-state index in [4.69, 9.17) is 0 Å². The maximum atomic E-state index is 13.3. The summed E-state index contributed by atoms with van der Waals surface area (Å²) in [5.74, 6) is -0.214. The van der Waals surface area contributed by atoms with Gasteiger partial charge >= 0.3 is 0 Å². The first-order valence-corrected chi connectivity index (χ1v) is 11.1. The summed E-state index contributed by atoms with van der Waals surface area (Å²) < 4.78 is 13.3. The Morgan fingerprint density at radius 1 is 0.364 bits per heavy atom. The van der Waals surface area contributed by atoms with E-state index < -0.39 is 0 Å². The molecule has 0 N–H and O–H groups in total. The molecular formula is C32H21F. The molecule has 0 saturated heterocycles. The van der Waals surface area contributed by atoms with Crippen LogP contribution in [-0.2, 0) is 0 Å². The van der Waals surface area contributed by atoms with E-state index >= 15 is 0 Å². The minimum absolute atomic E-state index is 0.214. The summed E-state index contributed by atoms with van der Waals surface area (Å²) >= 11 is 0. The second-order valence-electron chi connectivity index (χ2n) is 8.39. The van der Waals surface area contributed by atoms with Gasteiger partial charge in [0.15, 0.2) is 0 Å². The molecule has 0 aliphatic carbocycles. The molecule has 0 spiro atoms. The second kappa shape index (κ2) is 8.03. The van der Waals surface area contributed by atoms with Gasteiger partial charge in [-0.15, -0.1) is 0 Å². The van der Waals surface area contributed by atoms with Gasteiger partial charge in [0.05, 0.1) is 0 Å². The Labute approximate surface area is 192 Å². The highest BCUT2D eigenvalue weighted by atomic mass is 19.1. The number of hydrogen-bond donors (Lipinski definition) is 0. The Bertz CT molecular complexity index is 1590. The number of fused-ring (bicyclic) bond motifs is 2. The number of rotatable bonds is 3. The van der Waals surface area contributed by atoms with Crippen molar-refractivity contribution in [2.75, 3.05) is 0 Å². The highest BCUT2D eigenvalue weighted by Gasteiger charge is 2.06. The molecule has 0 saturated carbocycles. The summed E-state index contributed by atoms with van der Waals surface area (Å²) in [6, 6.07) is 43.4. The third kappa shape index (κ3) is 3.68. The van der Waals surface area contributed by atoms with Crippen LogP contribution in [0, 0.1) is 5.82 Å². The Balaban J connectivity index is 1.37. The molecule has 0 amide bonds. The summed E-state index contributed by atoms with van der Waals surface area (Å²) in [6.45, 7) is 0. The van der Waals surface area contributed by atoms with Gasteiger partial charge in [0.25, 0.3) is 0 Å². The minimum atomic E-state index is -0.214. The van der Waals surface area contributed by atoms with E-state index in [1.54, 1.807) is 0 Å². The highest BCUT2D eigenvalue weighted by Crippen LogP contribution is 2.32. The predicted molar refractivity (Wildman–Crippen MR) is 138 cm³/mol. The summed E-state index contributed by atoms with van der Waals surface area (Å²) in [4.78, 5) is 0. The summed E-state index contributed by atoms with van der Waals surface area (Å²) in [7, 11) is 0. The smallest absolute Gasteiger partial charge is 0.123 e. The van der Waals surface area contributed by atoms with Crippen LogP contribution < -0.4 is 0 Å². The molecule has 0 radical (unpaired) electrons. The minimum Gasteiger partial charge on any atom is -0.207 e. The van der Waals surface area contributed by atoms with E-state index in [0.717, 1.165) is 11.1 Å². The summed E-state index contributed by atoms with van der Waals surface area (Å²) in [5, 5.41) is 4.89. The summed E-state index contributed by atoms with van der Waals surface area (Å²) in [6.07, 6.45) is 0. The molecule has 0 unspecified atom stereocenters. The maximum absolute atomic E-state index is 13.3. The molecule has 6 rings (SSSR count). The van der Waals surface area contributed by atoms with Gasteiger partial charge in [0, 0.05) is 0 Å². The fraction of sp³-hybridized carbons (Fsp3) is 0. The average Bonchev–Trinajstić information content (AvgIpc) is 2.88. The standard InChI is InChI=1S/C32H21F/c33-30-18-16-23(17-19-30)28-15-11-24-10-14-27(20-29(24)21-28)22-8-12-26(13-9-22)32-7-3-5-25-4-1-2-6-31(25)32/h1-21H. The van der Waals surface area contributed by atoms with Gasteiger partial charge < -0.3 is 0 Å². The molecule has 1 heteroatoms. The molecule has 0 fully saturated rings. The van der Waals surface area contributed by atoms with Crippen LogP contribution >= 0.6 is 0 Å². The summed E-state index contributed by atoms with van der Waals surface area (Å²) in [5.41, 5.74) is 6.95. The Morgan fingerprint density at radius 2 is 0.909 bits per heavy atom. The molecular weight excluding hydrogens is 403 g/mol. The van der Waals surface area contributed by atoms with E-state index in [0.29, 0.717) is 0 Å². The highest BCUT2D eigenvalue weighted by molar-refractivity contribution is 5.97. The first-order valence-electron chi connectivity index (χ1n) is 11.1. The van der Waals surface area contributed by atoms with Crippen molar-refractivity contribution in [2.24, 2.45) is 0 Å². The third-order valence-electron chi connectivity index (χ3n) is 6.34. The molecule has 33 heavy (non-hydrogen) atoms. The van der Waals surface area contributed by atoms with Gasteiger partial charge in [0.1, 0.15) is 5.82 Å². The third-order valence-corrected chi connectivity index (χ3v) is 6.34. The van der Waals surface area contributed by atoms with Crippen molar-refractivity contribution >= 4 is 21.5 Å². The van der Waals surface area contributed by atoms with Crippen LogP contribution in [0.5, 0.6) is 0 Å². The first kappa shape index (κ1) is 19.5. The van der Waals surface area contributed by atoms with Crippen molar-refractivity contribution in [1.82, 2.24) is 0 Å². The van der Waals surface area contributed by atoms with E-state index in [1.807, 2.05) is 12.1 Å². The molecule has 0 aliphatic heterocycles. The zero-order valence-corrected chi connectivity index (χ0v) is 18.0. The van der Waals surface area contributed by atoms with Gasteiger partial charge in [-0.1, -0.05) is 103 Å². The lowest BCUT2D eigenvalue weighted by atomic mass is 9.95. The second-order valence-corrected chi connectivity index (χ2v) is 8.39. The Hall–Kier alpha value is -4.23. The van der Waals surface area contributed by atoms with Crippen molar-refractivity contribution in [2.45, 2.75) is 0 Å². The van der Waals surface area contributed by atoms with Gasteiger partial charge in [-0.05, 0) is 79.2 Å². The van der Waals surface area contributed by atoms with E-state index in [2.05, 4.69) is 103 Å². The fourth-order valence-corrected chi connectivity index (χ4v) is 4.57. The molecule has 0 bridgehead atoms. The van der Waals surface area contributed by atoms with Crippen LogP contribution in [0.1, 0.15) is 0 Å². The SMILES string of the molecule is Fc1ccc(-c2ccc3ccc(-c4ccc(-c5cccc6ccccc56)cc4)cc3c2)cc1. The lowest BCUT2D eigenvalue weighted by Gasteiger charge is -2.10. The predicted octanol–water partition coefficient (Wildman–Crippen LogP) is 9.13. The van der Waals surface area contributed by atoms with Crippen LogP contribution in [-0.4, -0.2) is 0 Å². The van der Waals surface area contributed by atoms with Gasteiger partial charge in [-0.25, -0.2) is 4.39 Å². The van der Waals surface area contributed by atoms with Crippen LogP contribution in [0.15, 0.2) is 127 Å². The molecule has 6 aromatic carbocycles. The number of hydrogen-bond acceptors (Lipinski definition) is 0. The lowest BCUT2D eigenvalue weighted by molar-refractivity contribution is 0.628. The number of halogens is 1. The van der Waals surface area contributed by atoms with Crippen LogP contribution in [0.3, 0.4) is 0 Å². The molecule has 0 nitrogen and oxygen atoms in total. The maximum Gasteiger partial charge on any atom is 0.123 e. The number of benzene rings is 6.